The Labute approximate surface area is 159 Å². The summed E-state index contributed by atoms with van der Waals surface area (Å²) in [5, 5.41) is 10.3. The fraction of sp³-hybridized carbons (Fsp3) is 0.381. The second kappa shape index (κ2) is 7.48. The summed E-state index contributed by atoms with van der Waals surface area (Å²) in [6.45, 7) is 7.48. The van der Waals surface area contributed by atoms with Gasteiger partial charge < -0.3 is 14.4 Å². The lowest BCUT2D eigenvalue weighted by molar-refractivity contribution is 0.0733. The fourth-order valence-electron chi connectivity index (χ4n) is 2.91. The molecule has 0 radical (unpaired) electrons. The van der Waals surface area contributed by atoms with Gasteiger partial charge in [-0.05, 0) is 51.0 Å². The molecule has 0 aliphatic heterocycles. The number of hydrogen-bond acceptors (Lipinski definition) is 5. The average Bonchev–Trinajstić information content (AvgIpc) is 3.06. The van der Waals surface area contributed by atoms with Crippen molar-refractivity contribution >= 4 is 0 Å². The van der Waals surface area contributed by atoms with Gasteiger partial charge in [-0.25, -0.2) is 15.0 Å². The smallest absolute Gasteiger partial charge is 0.143 e. The Morgan fingerprint density at radius 3 is 2.56 bits per heavy atom. The lowest BCUT2D eigenvalue weighted by atomic mass is 10.0. The van der Waals surface area contributed by atoms with E-state index in [-0.39, 0.29) is 0 Å². The van der Waals surface area contributed by atoms with Gasteiger partial charge in [0.1, 0.15) is 17.2 Å². The Hall–Kier alpha value is -2.73. The first-order valence-corrected chi connectivity index (χ1v) is 9.07. The molecule has 0 unspecified atom stereocenters. The molecule has 0 amide bonds. The largest absolute Gasteiger partial charge is 0.495 e. The first-order valence-electron chi connectivity index (χ1n) is 9.07. The van der Waals surface area contributed by atoms with Crippen molar-refractivity contribution in [3.05, 3.63) is 65.3 Å². The molecule has 0 aliphatic carbocycles. The van der Waals surface area contributed by atoms with Gasteiger partial charge in [-0.15, -0.1) is 0 Å². The quantitative estimate of drug-likeness (QED) is 0.724. The zero-order chi connectivity index (χ0) is 19.6. The van der Waals surface area contributed by atoms with Gasteiger partial charge in [-0.1, -0.05) is 13.0 Å². The molecular weight excluding hydrogens is 340 g/mol. The maximum absolute atomic E-state index is 10.3. The van der Waals surface area contributed by atoms with Gasteiger partial charge in [-0.2, -0.15) is 0 Å². The van der Waals surface area contributed by atoms with Gasteiger partial charge in [0, 0.05) is 18.3 Å². The summed E-state index contributed by atoms with van der Waals surface area (Å²) in [5.74, 6) is 1.46. The average molecular weight is 366 g/mol. The zero-order valence-corrected chi connectivity index (χ0v) is 16.5. The molecule has 0 spiro atoms. The predicted molar refractivity (Wildman–Crippen MR) is 104 cm³/mol. The van der Waals surface area contributed by atoms with Crippen molar-refractivity contribution in [2.45, 2.75) is 46.1 Å². The van der Waals surface area contributed by atoms with Gasteiger partial charge in [0.2, 0.25) is 0 Å². The second-order valence-electron chi connectivity index (χ2n) is 7.18. The van der Waals surface area contributed by atoms with E-state index in [9.17, 15) is 5.11 Å². The Balaban J connectivity index is 1.94. The van der Waals surface area contributed by atoms with Gasteiger partial charge in [0.15, 0.2) is 0 Å². The highest BCUT2D eigenvalue weighted by Crippen LogP contribution is 2.26. The van der Waals surface area contributed by atoms with Crippen molar-refractivity contribution in [3.63, 3.8) is 0 Å². The molecule has 1 aromatic carbocycles. The lowest BCUT2D eigenvalue weighted by Crippen LogP contribution is -2.20. The monoisotopic (exact) mass is 366 g/mol. The van der Waals surface area contributed by atoms with Crippen LogP contribution in [0.2, 0.25) is 0 Å². The van der Waals surface area contributed by atoms with Gasteiger partial charge in [0.05, 0.1) is 30.5 Å². The molecule has 2 heterocycles. The van der Waals surface area contributed by atoms with Crippen molar-refractivity contribution in [3.8, 4) is 11.4 Å². The van der Waals surface area contributed by atoms with Crippen LogP contribution in [0.25, 0.3) is 5.69 Å². The van der Waals surface area contributed by atoms with E-state index in [0.717, 1.165) is 34.8 Å². The number of imidazole rings is 1. The van der Waals surface area contributed by atoms with E-state index in [0.29, 0.717) is 17.9 Å². The van der Waals surface area contributed by atoms with Crippen LogP contribution in [0.4, 0.5) is 0 Å². The maximum atomic E-state index is 10.3. The third kappa shape index (κ3) is 4.34. The molecule has 27 heavy (non-hydrogen) atoms. The molecule has 3 rings (SSSR count). The molecule has 142 valence electrons. The van der Waals surface area contributed by atoms with Gasteiger partial charge in [-0.3, -0.25) is 0 Å². The first-order chi connectivity index (χ1) is 12.8. The van der Waals surface area contributed by atoms with E-state index in [1.54, 1.807) is 27.3 Å². The summed E-state index contributed by atoms with van der Waals surface area (Å²) in [5.41, 5.74) is 3.49. The highest BCUT2D eigenvalue weighted by Gasteiger charge is 2.20. The van der Waals surface area contributed by atoms with Crippen LogP contribution in [0.3, 0.4) is 0 Å². The Bertz CT molecular complexity index is 942. The third-order valence-corrected chi connectivity index (χ3v) is 4.41. The first kappa shape index (κ1) is 19.0. The van der Waals surface area contributed by atoms with Crippen molar-refractivity contribution in [2.75, 3.05) is 7.11 Å². The molecule has 3 aromatic rings. The summed E-state index contributed by atoms with van der Waals surface area (Å²) >= 11 is 0. The molecular formula is C21H26N4O2. The van der Waals surface area contributed by atoms with Crippen molar-refractivity contribution in [1.82, 2.24) is 19.5 Å². The number of hydrogen-bond donors (Lipinski definition) is 1. The molecule has 0 saturated heterocycles. The Morgan fingerprint density at radius 2 is 1.96 bits per heavy atom. The van der Waals surface area contributed by atoms with E-state index in [1.165, 1.54) is 0 Å². The molecule has 0 atom stereocenters. The fourth-order valence-corrected chi connectivity index (χ4v) is 2.91. The van der Waals surface area contributed by atoms with Gasteiger partial charge >= 0.3 is 0 Å². The minimum absolute atomic E-state index is 0.566. The van der Waals surface area contributed by atoms with E-state index >= 15 is 0 Å². The predicted octanol–water partition coefficient (Wildman–Crippen LogP) is 3.36. The molecule has 0 saturated carbocycles. The molecule has 6 nitrogen and oxygen atoms in total. The zero-order valence-electron chi connectivity index (χ0n) is 16.5. The Morgan fingerprint density at radius 1 is 1.19 bits per heavy atom. The number of aliphatic hydroxyl groups is 1. The summed E-state index contributed by atoms with van der Waals surface area (Å²) in [4.78, 5) is 13.5. The molecule has 6 heteroatoms. The number of aromatic nitrogens is 4. The number of rotatable bonds is 6. The topological polar surface area (TPSA) is 73.1 Å². The van der Waals surface area contributed by atoms with Crippen LogP contribution < -0.4 is 4.74 Å². The number of ether oxygens (including phenoxy) is 1. The van der Waals surface area contributed by atoms with Crippen LogP contribution >= 0.6 is 0 Å². The van der Waals surface area contributed by atoms with Crippen LogP contribution in [0.5, 0.6) is 5.75 Å². The molecule has 0 aliphatic rings. The summed E-state index contributed by atoms with van der Waals surface area (Å²) < 4.78 is 7.52. The van der Waals surface area contributed by atoms with Crippen LogP contribution in [0.1, 0.15) is 49.2 Å². The van der Waals surface area contributed by atoms with E-state index < -0.39 is 5.60 Å². The van der Waals surface area contributed by atoms with Gasteiger partial charge in [0.25, 0.3) is 0 Å². The normalized spacial score (nSPS) is 11.6. The minimum Gasteiger partial charge on any atom is -0.495 e. The van der Waals surface area contributed by atoms with Crippen molar-refractivity contribution in [2.24, 2.45) is 0 Å². The summed E-state index contributed by atoms with van der Waals surface area (Å²) in [7, 11) is 1.66. The SMILES string of the molecule is CCc1cc(C(C)(C)O)nc(Cc2ccc(-n3cnc(C)c3)c(OC)c2)n1. The lowest BCUT2D eigenvalue weighted by Gasteiger charge is -2.18. The number of nitrogens with zero attached hydrogens (tertiary/aromatic N) is 4. The summed E-state index contributed by atoms with van der Waals surface area (Å²) in [6, 6.07) is 7.92. The van der Waals surface area contributed by atoms with Crippen LogP contribution in [0, 0.1) is 6.92 Å². The van der Waals surface area contributed by atoms with E-state index in [1.807, 2.05) is 48.9 Å². The molecule has 0 bridgehead atoms. The standard InChI is InChI=1S/C21H26N4O2/c1-6-16-11-19(21(3,4)26)24-20(23-16)10-15-7-8-17(18(9-15)27-5)25-12-14(2)22-13-25/h7-9,11-13,26H,6,10H2,1-5H3. The van der Waals surface area contributed by atoms with Crippen LogP contribution in [0.15, 0.2) is 36.8 Å². The number of benzene rings is 1. The van der Waals surface area contributed by atoms with Crippen LogP contribution in [-0.4, -0.2) is 31.7 Å². The summed E-state index contributed by atoms with van der Waals surface area (Å²) in [6.07, 6.45) is 5.09. The third-order valence-electron chi connectivity index (χ3n) is 4.41. The minimum atomic E-state index is -0.998. The number of aryl methyl sites for hydroxylation is 2. The number of methoxy groups -OCH3 is 1. The van der Waals surface area contributed by atoms with Crippen molar-refractivity contribution < 1.29 is 9.84 Å². The second-order valence-corrected chi connectivity index (χ2v) is 7.18. The maximum Gasteiger partial charge on any atom is 0.143 e. The van der Waals surface area contributed by atoms with Crippen molar-refractivity contribution in [1.29, 1.82) is 0 Å². The van der Waals surface area contributed by atoms with Crippen LogP contribution in [-0.2, 0) is 18.4 Å². The highest BCUT2D eigenvalue weighted by atomic mass is 16.5. The van der Waals surface area contributed by atoms with E-state index in [2.05, 4.69) is 15.0 Å². The molecule has 0 fully saturated rings. The highest BCUT2D eigenvalue weighted by molar-refractivity contribution is 5.49. The molecule has 1 N–H and O–H groups in total. The molecule has 2 aromatic heterocycles. The Kier molecular flexibility index (Phi) is 5.28. The van der Waals surface area contributed by atoms with E-state index in [4.69, 9.17) is 4.74 Å².